The molecule has 21 aromatic carbocycles. The van der Waals surface area contributed by atoms with E-state index < -0.39 is 9.79 Å². The summed E-state index contributed by atoms with van der Waals surface area (Å²) in [6.07, 6.45) is 2.09. The van der Waals surface area contributed by atoms with Gasteiger partial charge in [-0.1, -0.05) is 264 Å². The van der Waals surface area contributed by atoms with Crippen LogP contribution in [0.4, 0.5) is 102 Å². The fraction of sp³-hybridized carbons (Fsp3) is 0.0935. The molecule has 2 heterocycles. The Labute approximate surface area is 880 Å². The van der Waals surface area contributed by atoms with Crippen molar-refractivity contribution < 1.29 is 0 Å². The van der Waals surface area contributed by atoms with Crippen LogP contribution in [0.2, 0.25) is 0 Å². The lowest BCUT2D eigenvalue weighted by atomic mass is 10.00. The predicted octanol–water partition coefficient (Wildman–Crippen LogP) is 40.0. The van der Waals surface area contributed by atoms with E-state index in [1.165, 1.54) is 127 Å². The second-order valence-electron chi connectivity index (χ2n) is 37.7. The Morgan fingerprint density at radius 2 is 0.365 bits per heavy atom. The molecule has 1 atom stereocenters. The zero-order valence-electron chi connectivity index (χ0n) is 86.1. The van der Waals surface area contributed by atoms with E-state index in [0.717, 1.165) is 115 Å². The molecule has 0 spiro atoms. The van der Waals surface area contributed by atoms with Crippen LogP contribution in [0.3, 0.4) is 0 Å². The summed E-state index contributed by atoms with van der Waals surface area (Å²) >= 11 is 0. The third-order valence-corrected chi connectivity index (χ3v) is 27.4. The molecule has 0 fully saturated rings. The Morgan fingerprint density at radius 1 is 0.189 bits per heavy atom. The van der Waals surface area contributed by atoms with Crippen molar-refractivity contribution in [3.8, 4) is 33.6 Å². The number of para-hydroxylation sites is 5. The van der Waals surface area contributed by atoms with Crippen molar-refractivity contribution in [2.45, 2.75) is 90.0 Å². The third-order valence-electron chi connectivity index (χ3n) is 27.4. The van der Waals surface area contributed by atoms with Crippen LogP contribution in [0.25, 0.3) is 77.2 Å². The van der Waals surface area contributed by atoms with E-state index in [-0.39, 0.29) is 14.9 Å². The highest BCUT2D eigenvalue weighted by Gasteiger charge is 2.25. The number of fused-ring (bicyclic) bond motifs is 6. The molecule has 0 aliphatic carbocycles. The summed E-state index contributed by atoms with van der Waals surface area (Å²) < 4.78 is 16.6. The minimum Gasteiger partial charge on any atom is -0.310 e. The minimum atomic E-state index is -0.417. The maximum Gasteiger partial charge on any atom is 0.0541 e. The van der Waals surface area contributed by atoms with Gasteiger partial charge >= 0.3 is 0 Å². The first-order valence-electron chi connectivity index (χ1n) is 51.3. The molecule has 0 saturated heterocycles. The zero-order chi connectivity index (χ0) is 102. The molecule has 0 aliphatic heterocycles. The number of anilines is 18. The highest BCUT2D eigenvalue weighted by molar-refractivity contribution is 6.92. The standard InChI is InChI=1S/C57H48N4.C42H36N2.C38H32N2.2CH4.H3P/c1-43-16-13-25-55(40-43)59(46-19-7-4-8-20-46)52-34-28-49(29-35-52)58(50-30-36-53(37-31-50)60(47-21-9-5-10-22-47)56-26-14-17-44(2)41-56)51-32-38-54(39-33-51)61(48-23-11-6-12-24-48)57-27-15-18-45(3)42-57;1-5-29-9-15-33(16-10-29)43-39-19-7-27(3)23-35(39)37-25-31(13-21-41(37)43)32-14-22-42-38(26-32)36-24-28(4)8-20-40(36)44(42)34-17-11-30(6-2)12-18-34;1-29-11-9-17-37(27-29)39(33-13-5-3-6-14-33)35-23-19-31(20-24-35)32-21-25-36(26-22-32)40(34-15-7-4-8-16-34)38-18-10-12-30(2)28-38;;;/h4-42H,1-3H3;7-26H,5-6H2,1-4H3;3-28H,1-2H3;2*1H4;1H3/i;;;;;1TD. The molecule has 8 nitrogen and oxygen atoms in total. The quantitative estimate of drug-likeness (QED) is 0.0560. The molecule has 9 heteroatoms. The van der Waals surface area contributed by atoms with Gasteiger partial charge in [-0.05, 0) is 414 Å². The first-order chi connectivity index (χ1) is 72.6. The van der Waals surface area contributed by atoms with Crippen molar-refractivity contribution in [3.63, 3.8) is 0 Å². The second kappa shape index (κ2) is 45.6. The molecule has 0 amide bonds. The second-order valence-corrected chi connectivity index (χ2v) is 37.7. The van der Waals surface area contributed by atoms with Gasteiger partial charge in [0.2, 0.25) is 0 Å². The van der Waals surface area contributed by atoms with Crippen LogP contribution in [0, 0.1) is 48.5 Å². The van der Waals surface area contributed by atoms with E-state index in [1.54, 1.807) is 0 Å². The summed E-state index contributed by atoms with van der Waals surface area (Å²) in [5, 5.41) is 5.17. The van der Waals surface area contributed by atoms with Gasteiger partial charge in [-0.3, -0.25) is 0 Å². The van der Waals surface area contributed by atoms with Gasteiger partial charge in [0.1, 0.15) is 0 Å². The first-order valence-corrected chi connectivity index (χ1v) is 50.3. The largest absolute Gasteiger partial charge is 0.310 e. The molecule has 0 saturated carbocycles. The van der Waals surface area contributed by atoms with E-state index in [9.17, 15) is 0 Å². The average molecular weight is 1940 g/mol. The maximum absolute atomic E-state index is 5.90. The number of rotatable bonds is 24. The maximum atomic E-state index is 5.90. The van der Waals surface area contributed by atoms with Crippen LogP contribution in [0.5, 0.6) is 0 Å². The van der Waals surface area contributed by atoms with Crippen LogP contribution in [-0.2, 0) is 12.8 Å². The Bertz CT molecular complexity index is 7850. The Balaban J connectivity index is 0.000000148. The smallest absolute Gasteiger partial charge is 0.0541 e. The first kappa shape index (κ1) is 97.9. The highest BCUT2D eigenvalue weighted by atomic mass is 31.0. The van der Waals surface area contributed by atoms with Gasteiger partial charge < -0.3 is 38.5 Å². The number of benzene rings is 21. The molecule has 0 bridgehead atoms. The molecule has 23 aromatic rings. The lowest BCUT2D eigenvalue weighted by Crippen LogP contribution is -2.14. The van der Waals surface area contributed by atoms with Crippen LogP contribution < -0.4 is 29.4 Å². The average Bonchev–Trinajstić information content (AvgIpc) is 1.58. The van der Waals surface area contributed by atoms with Gasteiger partial charge in [-0.15, -0.1) is 0 Å². The normalized spacial score (nSPS) is 11.1. The fourth-order valence-corrected chi connectivity index (χ4v) is 20.2. The summed E-state index contributed by atoms with van der Waals surface area (Å²) in [4.78, 5) is 13.9. The molecule has 1 unspecified atom stereocenters. The molecular weight excluding hydrogens is 1810 g/mol. The van der Waals surface area contributed by atoms with Gasteiger partial charge in [0, 0.05) is 135 Å². The molecule has 23 rings (SSSR count). The van der Waals surface area contributed by atoms with E-state index >= 15 is 0 Å². The molecular formula is C139H127N8P. The SMILES string of the molecule is C.C.CCc1ccc(-n2c3ccc(C)cc3c3cc(-c4ccc5c(c4)c4cc(C)ccc4n5-c4ccc(CC)cc4)ccc32)cc1.Cc1cccc(N(c2ccccc2)c2ccc(-c3ccc(N(c4ccccc4)c4cccc(C)c4)cc3)cc2)c1.Cc1cccc(N(c2ccccc2)c2ccc(N(c3ccc(N(c4ccccc4)c4cccc(C)c4)cc3)c3ccc(N(c4ccccc4)c4cccc(C)c4)cc3)cc2)c1.[2H]P[3H]. The fourth-order valence-electron chi connectivity index (χ4n) is 20.2. The number of aryl methyl sites for hydroxylation is 9. The summed E-state index contributed by atoms with van der Waals surface area (Å²) in [5.41, 5.74) is 43.6. The summed E-state index contributed by atoms with van der Waals surface area (Å²) in [5.74, 6) is 0. The minimum absolute atomic E-state index is 0. The number of hydrogen-bond donors (Lipinski definition) is 0. The highest BCUT2D eigenvalue weighted by Crippen LogP contribution is 2.48. The van der Waals surface area contributed by atoms with Gasteiger partial charge in [0.15, 0.2) is 0 Å². The summed E-state index contributed by atoms with van der Waals surface area (Å²) in [6, 6.07) is 186. The topological polar surface area (TPSA) is 29.3 Å². The molecule has 0 radical (unpaired) electrons. The Kier molecular flexibility index (Phi) is 30.1. The van der Waals surface area contributed by atoms with Crippen molar-refractivity contribution in [3.05, 3.63) is 566 Å². The monoisotopic (exact) mass is 1940 g/mol. The van der Waals surface area contributed by atoms with Crippen LogP contribution in [-0.4, -0.2) is 11.7 Å². The summed E-state index contributed by atoms with van der Waals surface area (Å²) in [7, 11) is -0.417. The Morgan fingerprint density at radius 3 is 0.581 bits per heavy atom. The van der Waals surface area contributed by atoms with Crippen molar-refractivity contribution in [2.24, 2.45) is 0 Å². The van der Waals surface area contributed by atoms with Crippen molar-refractivity contribution in [1.29, 1.82) is 2.56 Å². The van der Waals surface area contributed by atoms with E-state index in [4.69, 9.17) is 2.56 Å². The lowest BCUT2D eigenvalue weighted by Gasteiger charge is -2.30. The number of aromatic nitrogens is 2. The van der Waals surface area contributed by atoms with E-state index in [1.807, 2.05) is 0 Å². The van der Waals surface area contributed by atoms with Gasteiger partial charge in [-0.25, -0.2) is 0 Å². The Hall–Kier alpha value is -17.6. The third kappa shape index (κ3) is 21.6. The molecule has 0 N–H and O–H groups in total. The lowest BCUT2D eigenvalue weighted by molar-refractivity contribution is 1.12. The molecule has 148 heavy (non-hydrogen) atoms. The van der Waals surface area contributed by atoms with Crippen LogP contribution in [0.15, 0.2) is 516 Å². The van der Waals surface area contributed by atoms with E-state index in [0.29, 0.717) is 0 Å². The van der Waals surface area contributed by atoms with Crippen LogP contribution >= 0.6 is 9.79 Å². The van der Waals surface area contributed by atoms with Crippen molar-refractivity contribution in [1.82, 2.24) is 9.13 Å². The van der Waals surface area contributed by atoms with Gasteiger partial charge in [0.05, 0.1) is 24.6 Å². The molecule has 728 valence electrons. The van der Waals surface area contributed by atoms with Crippen molar-refractivity contribution in [2.75, 3.05) is 29.4 Å². The zero-order valence-corrected chi connectivity index (χ0v) is 85.1. The molecule has 0 aliphatic rings. The van der Waals surface area contributed by atoms with Crippen molar-refractivity contribution >= 4 is 156 Å². The van der Waals surface area contributed by atoms with Gasteiger partial charge in [0.25, 0.3) is 0 Å². The number of nitrogens with zero attached hydrogens (tertiary/aromatic N) is 8. The summed E-state index contributed by atoms with van der Waals surface area (Å²) in [6.45, 7) is 19.5. The van der Waals surface area contributed by atoms with E-state index in [2.05, 4.69) is 616 Å². The predicted molar refractivity (Wildman–Crippen MR) is 643 cm³/mol. The van der Waals surface area contributed by atoms with Crippen LogP contribution in [0.1, 0.15) is 78.8 Å². The molecule has 2 aromatic heterocycles. The van der Waals surface area contributed by atoms with Gasteiger partial charge in [-0.2, -0.15) is 9.79 Å². The number of hydrogen-bond acceptors (Lipinski definition) is 6.